The number of benzene rings is 1. The van der Waals surface area contributed by atoms with Gasteiger partial charge in [-0.05, 0) is 30.0 Å². The van der Waals surface area contributed by atoms with E-state index in [1.165, 1.54) is 7.11 Å². The fourth-order valence-corrected chi connectivity index (χ4v) is 2.11. The minimum atomic E-state index is -0.216. The number of nitrogens with zero attached hydrogens (tertiary/aromatic N) is 1. The number of hydrogen-bond acceptors (Lipinski definition) is 3. The molecule has 0 saturated heterocycles. The number of hydrogen-bond donors (Lipinski definition) is 0. The van der Waals surface area contributed by atoms with E-state index in [9.17, 15) is 4.79 Å². The molecule has 0 bridgehead atoms. The van der Waals surface area contributed by atoms with E-state index in [2.05, 4.69) is 4.98 Å². The Labute approximate surface area is 113 Å². The summed E-state index contributed by atoms with van der Waals surface area (Å²) in [5, 5.41) is 0. The van der Waals surface area contributed by atoms with Crippen LogP contribution in [-0.4, -0.2) is 18.1 Å². The minimum absolute atomic E-state index is 0.185. The first-order chi connectivity index (χ1) is 9.31. The van der Waals surface area contributed by atoms with Crippen molar-refractivity contribution in [3.8, 4) is 0 Å². The number of rotatable bonds is 5. The third kappa shape index (κ3) is 3.65. The van der Waals surface area contributed by atoms with Gasteiger partial charge in [-0.1, -0.05) is 36.4 Å². The first-order valence-corrected chi connectivity index (χ1v) is 6.33. The lowest BCUT2D eigenvalue weighted by Gasteiger charge is -2.14. The van der Waals surface area contributed by atoms with Crippen LogP contribution in [0, 0.1) is 0 Å². The van der Waals surface area contributed by atoms with E-state index >= 15 is 0 Å². The Hall–Kier alpha value is -2.16. The van der Waals surface area contributed by atoms with E-state index in [4.69, 9.17) is 4.74 Å². The van der Waals surface area contributed by atoms with E-state index < -0.39 is 0 Å². The second kappa shape index (κ2) is 6.69. The van der Waals surface area contributed by atoms with Gasteiger partial charge in [-0.15, -0.1) is 0 Å². The largest absolute Gasteiger partial charge is 0.469 e. The molecule has 0 amide bonds. The molecule has 1 aromatic heterocycles. The zero-order chi connectivity index (χ0) is 13.5. The van der Waals surface area contributed by atoms with E-state index in [0.29, 0.717) is 0 Å². The van der Waals surface area contributed by atoms with Gasteiger partial charge < -0.3 is 4.74 Å². The number of esters is 1. The molecule has 0 saturated carbocycles. The molecule has 0 aliphatic carbocycles. The molecule has 3 heteroatoms. The first kappa shape index (κ1) is 13.3. The Morgan fingerprint density at radius 1 is 1.21 bits per heavy atom. The maximum absolute atomic E-state index is 11.9. The Bertz CT molecular complexity index is 511. The van der Waals surface area contributed by atoms with E-state index in [1.807, 2.05) is 48.7 Å². The van der Waals surface area contributed by atoms with Gasteiger partial charge in [-0.2, -0.15) is 0 Å². The molecule has 2 rings (SSSR count). The number of carbonyl (C=O) groups excluding carboxylic acids is 1. The van der Waals surface area contributed by atoms with Crippen molar-refractivity contribution < 1.29 is 9.53 Å². The van der Waals surface area contributed by atoms with Gasteiger partial charge in [0.2, 0.25) is 0 Å². The quantitative estimate of drug-likeness (QED) is 0.771. The van der Waals surface area contributed by atoms with Crippen molar-refractivity contribution in [3.63, 3.8) is 0 Å². The van der Waals surface area contributed by atoms with Gasteiger partial charge in [-0.25, -0.2) is 0 Å². The molecular weight excluding hydrogens is 238 g/mol. The van der Waals surface area contributed by atoms with Gasteiger partial charge in [0.1, 0.15) is 0 Å². The molecule has 0 spiro atoms. The number of ether oxygens (including phenoxy) is 1. The second-order valence-corrected chi connectivity index (χ2v) is 4.39. The molecule has 1 aromatic carbocycles. The molecular formula is C16H17NO2. The molecule has 3 nitrogen and oxygen atoms in total. The number of methoxy groups -OCH3 is 1. The van der Waals surface area contributed by atoms with Crippen LogP contribution in [0.15, 0.2) is 54.9 Å². The fraction of sp³-hybridized carbons (Fsp3) is 0.250. The second-order valence-electron chi connectivity index (χ2n) is 4.39. The standard InChI is InChI=1S/C16H17NO2/c1-19-16(18)15(14-7-3-2-4-8-14)10-9-13-6-5-11-17-12-13/h2-8,11-12,15H,9-10H2,1H3. The maximum Gasteiger partial charge on any atom is 0.313 e. The lowest BCUT2D eigenvalue weighted by atomic mass is 9.93. The summed E-state index contributed by atoms with van der Waals surface area (Å²) in [6, 6.07) is 13.7. The lowest BCUT2D eigenvalue weighted by Crippen LogP contribution is -2.15. The molecule has 2 aromatic rings. The summed E-state index contributed by atoms with van der Waals surface area (Å²) in [4.78, 5) is 16.0. The first-order valence-electron chi connectivity index (χ1n) is 6.33. The average Bonchev–Trinajstić information content (AvgIpc) is 2.49. The summed E-state index contributed by atoms with van der Waals surface area (Å²) in [6.45, 7) is 0. The van der Waals surface area contributed by atoms with E-state index in [0.717, 1.165) is 24.0 Å². The molecule has 1 unspecified atom stereocenters. The summed E-state index contributed by atoms with van der Waals surface area (Å²) >= 11 is 0. The molecule has 0 radical (unpaired) electrons. The van der Waals surface area contributed by atoms with Crippen LogP contribution in [0.5, 0.6) is 0 Å². The van der Waals surface area contributed by atoms with Crippen LogP contribution >= 0.6 is 0 Å². The highest BCUT2D eigenvalue weighted by Gasteiger charge is 2.20. The molecule has 19 heavy (non-hydrogen) atoms. The molecule has 1 atom stereocenters. The van der Waals surface area contributed by atoms with Gasteiger partial charge in [0.15, 0.2) is 0 Å². The summed E-state index contributed by atoms with van der Waals surface area (Å²) < 4.78 is 4.90. The third-order valence-corrected chi connectivity index (χ3v) is 3.13. The third-order valence-electron chi connectivity index (χ3n) is 3.13. The van der Waals surface area contributed by atoms with Gasteiger partial charge >= 0.3 is 5.97 Å². The number of pyridine rings is 1. The van der Waals surface area contributed by atoms with Crippen LogP contribution in [0.4, 0.5) is 0 Å². The zero-order valence-electron chi connectivity index (χ0n) is 11.0. The van der Waals surface area contributed by atoms with Crippen molar-refractivity contribution in [2.45, 2.75) is 18.8 Å². The van der Waals surface area contributed by atoms with Crippen LogP contribution in [0.25, 0.3) is 0 Å². The van der Waals surface area contributed by atoms with Crippen molar-refractivity contribution in [3.05, 3.63) is 66.0 Å². The van der Waals surface area contributed by atoms with Crippen LogP contribution < -0.4 is 0 Å². The molecule has 0 aliphatic heterocycles. The predicted molar refractivity (Wildman–Crippen MR) is 73.8 cm³/mol. The molecule has 98 valence electrons. The normalized spacial score (nSPS) is 11.8. The van der Waals surface area contributed by atoms with Crippen molar-refractivity contribution in [2.24, 2.45) is 0 Å². The van der Waals surface area contributed by atoms with Crippen molar-refractivity contribution in [1.82, 2.24) is 4.98 Å². The molecule has 0 aliphatic rings. The van der Waals surface area contributed by atoms with Gasteiger partial charge in [-0.3, -0.25) is 9.78 Å². The van der Waals surface area contributed by atoms with Crippen LogP contribution in [0.3, 0.4) is 0 Å². The van der Waals surface area contributed by atoms with Crippen molar-refractivity contribution in [2.75, 3.05) is 7.11 Å². The summed E-state index contributed by atoms with van der Waals surface area (Å²) in [7, 11) is 1.43. The van der Waals surface area contributed by atoms with Crippen molar-refractivity contribution >= 4 is 5.97 Å². The molecule has 0 N–H and O–H groups in total. The molecule has 0 fully saturated rings. The SMILES string of the molecule is COC(=O)C(CCc1cccnc1)c1ccccc1. The number of carbonyl (C=O) groups is 1. The van der Waals surface area contributed by atoms with Crippen molar-refractivity contribution in [1.29, 1.82) is 0 Å². The van der Waals surface area contributed by atoms with Gasteiger partial charge in [0.25, 0.3) is 0 Å². The maximum atomic E-state index is 11.9. The highest BCUT2D eigenvalue weighted by molar-refractivity contribution is 5.78. The van der Waals surface area contributed by atoms with Crippen LogP contribution in [-0.2, 0) is 16.0 Å². The van der Waals surface area contributed by atoms with Crippen LogP contribution in [0.1, 0.15) is 23.5 Å². The minimum Gasteiger partial charge on any atom is -0.469 e. The van der Waals surface area contributed by atoms with Gasteiger partial charge in [0, 0.05) is 12.4 Å². The Balaban J connectivity index is 2.09. The zero-order valence-corrected chi connectivity index (χ0v) is 11.0. The molecule has 1 heterocycles. The highest BCUT2D eigenvalue weighted by Crippen LogP contribution is 2.22. The average molecular weight is 255 g/mol. The predicted octanol–water partition coefficient (Wildman–Crippen LogP) is 2.97. The summed E-state index contributed by atoms with van der Waals surface area (Å²) in [5.41, 5.74) is 2.13. The smallest absolute Gasteiger partial charge is 0.313 e. The fourth-order valence-electron chi connectivity index (χ4n) is 2.11. The van der Waals surface area contributed by atoms with E-state index in [1.54, 1.807) is 6.20 Å². The highest BCUT2D eigenvalue weighted by atomic mass is 16.5. The monoisotopic (exact) mass is 255 g/mol. The topological polar surface area (TPSA) is 39.2 Å². The summed E-state index contributed by atoms with van der Waals surface area (Å²) in [6.07, 6.45) is 5.11. The van der Waals surface area contributed by atoms with E-state index in [-0.39, 0.29) is 11.9 Å². The van der Waals surface area contributed by atoms with Gasteiger partial charge in [0.05, 0.1) is 13.0 Å². The Morgan fingerprint density at radius 2 is 2.00 bits per heavy atom. The summed E-state index contributed by atoms with van der Waals surface area (Å²) in [5.74, 6) is -0.401. The number of aryl methyl sites for hydroxylation is 1. The Kier molecular flexibility index (Phi) is 4.67. The number of aromatic nitrogens is 1. The Morgan fingerprint density at radius 3 is 2.63 bits per heavy atom. The lowest BCUT2D eigenvalue weighted by molar-refractivity contribution is -0.142. The van der Waals surface area contributed by atoms with Crippen LogP contribution in [0.2, 0.25) is 0 Å².